The molecule has 0 saturated carbocycles. The molecule has 3 heteroatoms. The van der Waals surface area contributed by atoms with Crippen LogP contribution < -0.4 is 4.90 Å². The van der Waals surface area contributed by atoms with Crippen molar-refractivity contribution < 1.29 is 0 Å². The van der Waals surface area contributed by atoms with Gasteiger partial charge in [-0.15, -0.1) is 0 Å². The Morgan fingerprint density at radius 3 is 1.80 bits per heavy atom. The molecule has 4 rings (SSSR count). The van der Waals surface area contributed by atoms with Crippen LogP contribution in [-0.2, 0) is 0 Å². The maximum Gasteiger partial charge on any atom is 0.215 e. The molecule has 0 aliphatic carbocycles. The van der Waals surface area contributed by atoms with Gasteiger partial charge in [0.25, 0.3) is 0 Å². The van der Waals surface area contributed by atoms with Crippen molar-refractivity contribution in [3.8, 4) is 0 Å². The van der Waals surface area contributed by atoms with Crippen molar-refractivity contribution in [3.63, 3.8) is 0 Å². The van der Waals surface area contributed by atoms with Crippen molar-refractivity contribution >= 4 is 41.0 Å². The molecule has 0 radical (unpaired) electrons. The zero-order valence-corrected chi connectivity index (χ0v) is 15.0. The molecule has 0 amide bonds. The zero-order valence-electron chi connectivity index (χ0n) is 13.5. The van der Waals surface area contributed by atoms with Gasteiger partial charge in [0.2, 0.25) is 4.46 Å². The van der Waals surface area contributed by atoms with Crippen LogP contribution in [0.2, 0.25) is 0 Å². The average molecular weight is 366 g/mol. The summed E-state index contributed by atoms with van der Waals surface area (Å²) in [5.41, 5.74) is 4.48. The molecule has 25 heavy (non-hydrogen) atoms. The quantitative estimate of drug-likeness (QED) is 0.219. The van der Waals surface area contributed by atoms with Gasteiger partial charge in [0.15, 0.2) is 0 Å². The third kappa shape index (κ3) is 3.30. The fraction of sp³-hybridized carbons (Fsp3) is 0.0909. The molecular weight excluding hydrogens is 349 g/mol. The van der Waals surface area contributed by atoms with Crippen molar-refractivity contribution in [1.29, 1.82) is 0 Å². The molecule has 1 saturated heterocycles. The Kier molecular flexibility index (Phi) is 4.29. The lowest BCUT2D eigenvalue weighted by Gasteiger charge is -2.05. The normalized spacial score (nSPS) is 18.5. The second-order valence-electron chi connectivity index (χ2n) is 6.11. The lowest BCUT2D eigenvalue weighted by Crippen LogP contribution is -2.00. The van der Waals surface area contributed by atoms with E-state index in [0.29, 0.717) is 0 Å². The molecule has 3 aromatic rings. The Bertz CT molecular complexity index is 871. The second-order valence-corrected chi connectivity index (χ2v) is 7.45. The molecule has 1 nitrogen and oxygen atoms in total. The van der Waals surface area contributed by atoms with Gasteiger partial charge in [0, 0.05) is 5.69 Å². The fourth-order valence-corrected chi connectivity index (χ4v) is 3.79. The first-order chi connectivity index (χ1) is 12.2. The number of anilines is 1. The van der Waals surface area contributed by atoms with E-state index in [1.165, 1.54) is 5.56 Å². The van der Waals surface area contributed by atoms with Crippen LogP contribution in [0.1, 0.15) is 22.7 Å². The summed E-state index contributed by atoms with van der Waals surface area (Å²) in [7, 11) is 0. The molecule has 1 heterocycles. The number of benzene rings is 3. The van der Waals surface area contributed by atoms with Crippen LogP contribution >= 0.6 is 23.2 Å². The first-order valence-electron chi connectivity index (χ1n) is 8.21. The molecule has 0 bridgehead atoms. The van der Waals surface area contributed by atoms with Crippen molar-refractivity contribution in [2.75, 3.05) is 4.90 Å². The Morgan fingerprint density at radius 2 is 1.20 bits per heavy atom. The van der Waals surface area contributed by atoms with E-state index in [2.05, 4.69) is 48.6 Å². The molecule has 0 spiro atoms. The van der Waals surface area contributed by atoms with Gasteiger partial charge >= 0.3 is 0 Å². The highest BCUT2D eigenvalue weighted by Gasteiger charge is 2.61. The summed E-state index contributed by atoms with van der Waals surface area (Å²) in [4.78, 5) is 2.02. The van der Waals surface area contributed by atoms with Crippen LogP contribution in [0.4, 0.5) is 5.69 Å². The molecule has 1 aliphatic heterocycles. The van der Waals surface area contributed by atoms with Gasteiger partial charge in [-0.3, -0.25) is 0 Å². The van der Waals surface area contributed by atoms with E-state index in [4.69, 9.17) is 23.2 Å². The fourth-order valence-electron chi connectivity index (χ4n) is 3.05. The summed E-state index contributed by atoms with van der Waals surface area (Å²) >= 11 is 13.0. The largest absolute Gasteiger partial charge is 0.326 e. The topological polar surface area (TPSA) is 3.01 Å². The molecule has 1 unspecified atom stereocenters. The summed E-state index contributed by atoms with van der Waals surface area (Å²) in [5, 5.41) is 0. The molecule has 0 N–H and O–H groups in total. The van der Waals surface area contributed by atoms with Gasteiger partial charge in [0.1, 0.15) is 6.04 Å². The highest BCUT2D eigenvalue weighted by molar-refractivity contribution is 6.53. The predicted octanol–water partition coefficient (Wildman–Crippen LogP) is 6.55. The van der Waals surface area contributed by atoms with Gasteiger partial charge in [-0.05, 0) is 28.8 Å². The van der Waals surface area contributed by atoms with Crippen LogP contribution in [0.25, 0.3) is 12.2 Å². The van der Waals surface area contributed by atoms with Crippen LogP contribution in [-0.4, -0.2) is 4.46 Å². The van der Waals surface area contributed by atoms with E-state index in [0.717, 1.165) is 16.8 Å². The third-order valence-electron chi connectivity index (χ3n) is 4.40. The van der Waals surface area contributed by atoms with Crippen LogP contribution in [0, 0.1) is 0 Å². The number of hydrogen-bond donors (Lipinski definition) is 0. The Morgan fingerprint density at radius 1 is 0.680 bits per heavy atom. The third-order valence-corrected chi connectivity index (χ3v) is 5.17. The predicted molar refractivity (Wildman–Crippen MR) is 108 cm³/mol. The number of para-hydroxylation sites is 1. The molecule has 124 valence electrons. The number of alkyl halides is 2. The Hall–Kier alpha value is -2.22. The van der Waals surface area contributed by atoms with Crippen molar-refractivity contribution in [2.24, 2.45) is 0 Å². The summed E-state index contributed by atoms with van der Waals surface area (Å²) in [5.74, 6) is 0. The average Bonchev–Trinajstić information content (AvgIpc) is 3.24. The van der Waals surface area contributed by atoms with Gasteiger partial charge in [-0.1, -0.05) is 108 Å². The maximum absolute atomic E-state index is 6.50. The molecule has 3 aromatic carbocycles. The SMILES string of the molecule is ClC1(Cl)C(c2ccc(/C=C/c3ccccc3)cc2)N1c1ccccc1. The minimum Gasteiger partial charge on any atom is -0.326 e. The number of rotatable bonds is 4. The first-order valence-corrected chi connectivity index (χ1v) is 8.97. The van der Waals surface area contributed by atoms with Crippen molar-refractivity contribution in [3.05, 3.63) is 102 Å². The lowest BCUT2D eigenvalue weighted by molar-refractivity contribution is 1.10. The van der Waals surface area contributed by atoms with E-state index in [9.17, 15) is 0 Å². The summed E-state index contributed by atoms with van der Waals surface area (Å²) in [6, 6.07) is 28.6. The van der Waals surface area contributed by atoms with E-state index >= 15 is 0 Å². The zero-order chi connectivity index (χ0) is 17.3. The maximum atomic E-state index is 6.50. The van der Waals surface area contributed by atoms with E-state index in [-0.39, 0.29) is 6.04 Å². The standard InChI is InChI=1S/C22H17Cl2N/c23-22(24)21(25(22)20-9-5-2-6-10-20)19-15-13-18(14-16-19)12-11-17-7-3-1-4-8-17/h1-16,21H/b12-11+. The summed E-state index contributed by atoms with van der Waals surface area (Å²) in [6.45, 7) is 0. The van der Waals surface area contributed by atoms with E-state index < -0.39 is 4.46 Å². The molecule has 1 aliphatic rings. The molecular formula is C22H17Cl2N. The minimum absolute atomic E-state index is 0.0228. The molecule has 1 atom stereocenters. The summed E-state index contributed by atoms with van der Waals surface area (Å²) in [6.07, 6.45) is 4.21. The van der Waals surface area contributed by atoms with Crippen molar-refractivity contribution in [1.82, 2.24) is 0 Å². The Labute approximate surface area is 158 Å². The number of hydrogen-bond acceptors (Lipinski definition) is 1. The summed E-state index contributed by atoms with van der Waals surface area (Å²) < 4.78 is -0.886. The Balaban J connectivity index is 1.52. The van der Waals surface area contributed by atoms with Crippen molar-refractivity contribution in [2.45, 2.75) is 10.5 Å². The van der Waals surface area contributed by atoms with Crippen LogP contribution in [0.3, 0.4) is 0 Å². The van der Waals surface area contributed by atoms with Crippen LogP contribution in [0.15, 0.2) is 84.9 Å². The van der Waals surface area contributed by atoms with Crippen LogP contribution in [0.5, 0.6) is 0 Å². The first kappa shape index (κ1) is 16.3. The highest BCUT2D eigenvalue weighted by atomic mass is 35.5. The van der Waals surface area contributed by atoms with Gasteiger partial charge in [-0.25, -0.2) is 0 Å². The lowest BCUT2D eigenvalue weighted by atomic mass is 10.1. The molecule has 0 aromatic heterocycles. The second kappa shape index (κ2) is 6.59. The van der Waals surface area contributed by atoms with E-state index in [1.807, 2.05) is 53.4 Å². The van der Waals surface area contributed by atoms with E-state index in [1.54, 1.807) is 0 Å². The van der Waals surface area contributed by atoms with Gasteiger partial charge in [-0.2, -0.15) is 0 Å². The smallest absolute Gasteiger partial charge is 0.215 e. The van der Waals surface area contributed by atoms with Gasteiger partial charge in [0.05, 0.1) is 0 Å². The van der Waals surface area contributed by atoms with Gasteiger partial charge < -0.3 is 4.90 Å². The number of halogens is 2. The monoisotopic (exact) mass is 365 g/mol. The molecule has 1 fully saturated rings. The number of nitrogens with zero attached hydrogens (tertiary/aromatic N) is 1. The minimum atomic E-state index is -0.886. The highest BCUT2D eigenvalue weighted by Crippen LogP contribution is 2.61.